The van der Waals surface area contributed by atoms with Crippen LogP contribution in [0.25, 0.3) is 0 Å². The quantitative estimate of drug-likeness (QED) is 0.617. The molecule has 1 aromatic rings. The van der Waals surface area contributed by atoms with Gasteiger partial charge in [0.15, 0.2) is 0 Å². The van der Waals surface area contributed by atoms with E-state index in [1.54, 1.807) is 18.2 Å². The molecule has 5 heteroatoms. The molecule has 84 valence electrons. The summed E-state index contributed by atoms with van der Waals surface area (Å²) in [6, 6.07) is 5.24. The second kappa shape index (κ2) is 5.68. The molecule has 0 aromatic heterocycles. The standard InChI is InChI=1S/C11H12N2O3/c1-8(15)13-11-9(6-12-7-14)4-3-5-10(11)16-2/h3-5H,6H2,1-2H3,(H,13,15). The van der Waals surface area contributed by atoms with Gasteiger partial charge in [0.1, 0.15) is 5.75 Å². The number of isocyanates is 1. The molecule has 0 radical (unpaired) electrons. The molecule has 0 aliphatic carbocycles. The summed E-state index contributed by atoms with van der Waals surface area (Å²) in [5, 5.41) is 2.65. The monoisotopic (exact) mass is 220 g/mol. The minimum Gasteiger partial charge on any atom is -0.495 e. The third kappa shape index (κ3) is 2.93. The highest BCUT2D eigenvalue weighted by Crippen LogP contribution is 2.28. The Kier molecular flexibility index (Phi) is 4.24. The lowest BCUT2D eigenvalue weighted by atomic mass is 10.1. The van der Waals surface area contributed by atoms with Gasteiger partial charge in [0.2, 0.25) is 12.0 Å². The summed E-state index contributed by atoms with van der Waals surface area (Å²) >= 11 is 0. The largest absolute Gasteiger partial charge is 0.495 e. The molecule has 0 unspecified atom stereocenters. The Labute approximate surface area is 93.1 Å². The predicted octanol–water partition coefficient (Wildman–Crippen LogP) is 1.49. The molecule has 0 atom stereocenters. The maximum atomic E-state index is 11.0. The van der Waals surface area contributed by atoms with Crippen LogP contribution in [0.15, 0.2) is 23.2 Å². The van der Waals surface area contributed by atoms with Gasteiger partial charge in [-0.15, -0.1) is 0 Å². The van der Waals surface area contributed by atoms with Crippen LogP contribution in [0.4, 0.5) is 5.69 Å². The molecule has 1 amide bonds. The highest BCUT2D eigenvalue weighted by molar-refractivity contribution is 5.91. The molecule has 0 saturated heterocycles. The predicted molar refractivity (Wildman–Crippen MR) is 59.1 cm³/mol. The second-order valence-corrected chi connectivity index (χ2v) is 3.08. The van der Waals surface area contributed by atoms with Gasteiger partial charge >= 0.3 is 0 Å². The molecule has 0 spiro atoms. The van der Waals surface area contributed by atoms with Crippen LogP contribution in [-0.4, -0.2) is 19.1 Å². The lowest BCUT2D eigenvalue weighted by Gasteiger charge is -2.12. The molecule has 0 aliphatic heterocycles. The van der Waals surface area contributed by atoms with Gasteiger partial charge in [-0.2, -0.15) is 0 Å². The number of ether oxygens (including phenoxy) is 1. The number of nitrogens with zero attached hydrogens (tertiary/aromatic N) is 1. The number of amides is 1. The smallest absolute Gasteiger partial charge is 0.235 e. The molecule has 0 saturated carbocycles. The van der Waals surface area contributed by atoms with Crippen LogP contribution in [-0.2, 0) is 16.1 Å². The van der Waals surface area contributed by atoms with Gasteiger partial charge in [-0.3, -0.25) is 4.79 Å². The van der Waals surface area contributed by atoms with Gasteiger partial charge < -0.3 is 10.1 Å². The van der Waals surface area contributed by atoms with Gasteiger partial charge in [0.25, 0.3) is 0 Å². The van der Waals surface area contributed by atoms with Crippen molar-refractivity contribution >= 4 is 17.7 Å². The van der Waals surface area contributed by atoms with Crippen molar-refractivity contribution in [2.45, 2.75) is 13.5 Å². The lowest BCUT2D eigenvalue weighted by molar-refractivity contribution is -0.114. The molecular weight excluding hydrogens is 208 g/mol. The first-order valence-electron chi connectivity index (χ1n) is 4.66. The van der Waals surface area contributed by atoms with Crippen LogP contribution in [0.1, 0.15) is 12.5 Å². The number of benzene rings is 1. The molecule has 1 aromatic carbocycles. The molecular formula is C11H12N2O3. The van der Waals surface area contributed by atoms with Gasteiger partial charge in [-0.25, -0.2) is 9.79 Å². The lowest BCUT2D eigenvalue weighted by Crippen LogP contribution is -2.09. The van der Waals surface area contributed by atoms with Crippen molar-refractivity contribution in [1.82, 2.24) is 0 Å². The Hall–Kier alpha value is -2.13. The van der Waals surface area contributed by atoms with E-state index < -0.39 is 0 Å². The van der Waals surface area contributed by atoms with E-state index in [2.05, 4.69) is 10.3 Å². The Morgan fingerprint density at radius 1 is 1.56 bits per heavy atom. The fourth-order valence-corrected chi connectivity index (χ4v) is 1.31. The van der Waals surface area contributed by atoms with Crippen molar-refractivity contribution in [2.75, 3.05) is 12.4 Å². The first-order valence-corrected chi connectivity index (χ1v) is 4.66. The fourth-order valence-electron chi connectivity index (χ4n) is 1.31. The van der Waals surface area contributed by atoms with Gasteiger partial charge in [-0.1, -0.05) is 12.1 Å². The van der Waals surface area contributed by atoms with Gasteiger partial charge in [-0.05, 0) is 6.07 Å². The van der Waals surface area contributed by atoms with Crippen molar-refractivity contribution < 1.29 is 14.3 Å². The average molecular weight is 220 g/mol. The average Bonchev–Trinajstić information content (AvgIpc) is 2.27. The third-order valence-electron chi connectivity index (χ3n) is 1.95. The molecule has 16 heavy (non-hydrogen) atoms. The summed E-state index contributed by atoms with van der Waals surface area (Å²) in [7, 11) is 1.51. The van der Waals surface area contributed by atoms with E-state index in [1.807, 2.05) is 0 Å². The van der Waals surface area contributed by atoms with Crippen LogP contribution in [0.3, 0.4) is 0 Å². The number of carbonyl (C=O) groups excluding carboxylic acids is 2. The number of hydrogen-bond acceptors (Lipinski definition) is 4. The second-order valence-electron chi connectivity index (χ2n) is 3.08. The summed E-state index contributed by atoms with van der Waals surface area (Å²) in [6.45, 7) is 1.57. The van der Waals surface area contributed by atoms with Crippen LogP contribution in [0, 0.1) is 0 Å². The van der Waals surface area contributed by atoms with Crippen molar-refractivity contribution in [2.24, 2.45) is 4.99 Å². The van der Waals surface area contributed by atoms with Gasteiger partial charge in [0, 0.05) is 12.5 Å². The normalized spacial score (nSPS) is 9.12. The molecule has 0 aliphatic rings. The summed E-state index contributed by atoms with van der Waals surface area (Å²) in [4.78, 5) is 24.6. The Morgan fingerprint density at radius 2 is 2.31 bits per heavy atom. The van der Waals surface area contributed by atoms with Crippen molar-refractivity contribution in [1.29, 1.82) is 0 Å². The molecule has 0 heterocycles. The number of para-hydroxylation sites is 1. The summed E-state index contributed by atoms with van der Waals surface area (Å²) in [5.74, 6) is 0.328. The first kappa shape index (κ1) is 11.9. The Bertz CT molecular complexity index is 437. The Balaban J connectivity index is 3.13. The topological polar surface area (TPSA) is 67.8 Å². The zero-order chi connectivity index (χ0) is 12.0. The summed E-state index contributed by atoms with van der Waals surface area (Å²) in [5.41, 5.74) is 1.24. The van der Waals surface area contributed by atoms with E-state index in [9.17, 15) is 9.59 Å². The SMILES string of the molecule is COc1cccc(CN=C=O)c1NC(C)=O. The fraction of sp³-hybridized carbons (Fsp3) is 0.273. The number of rotatable bonds is 4. The van der Waals surface area contributed by atoms with Crippen molar-refractivity contribution in [3.05, 3.63) is 23.8 Å². The summed E-state index contributed by atoms with van der Waals surface area (Å²) < 4.78 is 5.11. The van der Waals surface area contributed by atoms with Crippen molar-refractivity contribution in [3.63, 3.8) is 0 Å². The number of nitrogens with one attached hydrogen (secondary N) is 1. The van der Waals surface area contributed by atoms with E-state index in [0.717, 1.165) is 0 Å². The van der Waals surface area contributed by atoms with E-state index in [-0.39, 0.29) is 12.5 Å². The zero-order valence-electron chi connectivity index (χ0n) is 9.11. The van der Waals surface area contributed by atoms with Gasteiger partial charge in [0.05, 0.1) is 19.3 Å². The number of aliphatic imine (C=N–C) groups is 1. The van der Waals surface area contributed by atoms with E-state index in [0.29, 0.717) is 17.0 Å². The third-order valence-corrected chi connectivity index (χ3v) is 1.95. The zero-order valence-corrected chi connectivity index (χ0v) is 9.11. The van der Waals surface area contributed by atoms with E-state index in [1.165, 1.54) is 20.1 Å². The molecule has 1 N–H and O–H groups in total. The maximum Gasteiger partial charge on any atom is 0.235 e. The highest BCUT2D eigenvalue weighted by atomic mass is 16.5. The van der Waals surface area contributed by atoms with E-state index in [4.69, 9.17) is 4.74 Å². The first-order chi connectivity index (χ1) is 7.69. The van der Waals surface area contributed by atoms with Crippen LogP contribution in [0.2, 0.25) is 0 Å². The van der Waals surface area contributed by atoms with Crippen LogP contribution in [0.5, 0.6) is 5.75 Å². The highest BCUT2D eigenvalue weighted by Gasteiger charge is 2.09. The van der Waals surface area contributed by atoms with E-state index >= 15 is 0 Å². The number of hydrogen-bond donors (Lipinski definition) is 1. The number of methoxy groups -OCH3 is 1. The van der Waals surface area contributed by atoms with Crippen LogP contribution >= 0.6 is 0 Å². The maximum absolute atomic E-state index is 11.0. The number of anilines is 1. The molecule has 0 fully saturated rings. The minimum atomic E-state index is -0.208. The molecule has 0 bridgehead atoms. The number of carbonyl (C=O) groups is 1. The van der Waals surface area contributed by atoms with Crippen LogP contribution < -0.4 is 10.1 Å². The Morgan fingerprint density at radius 3 is 2.88 bits per heavy atom. The molecule has 1 rings (SSSR count). The minimum absolute atomic E-state index is 0.163. The summed E-state index contributed by atoms with van der Waals surface area (Å²) in [6.07, 6.45) is 1.46. The molecule has 5 nitrogen and oxygen atoms in total. The van der Waals surface area contributed by atoms with Crippen molar-refractivity contribution in [3.8, 4) is 5.75 Å².